The smallest absolute Gasteiger partial charge is 0.0586 e. The van der Waals surface area contributed by atoms with E-state index in [2.05, 4.69) is 31.0 Å². The molecule has 1 N–H and O–H groups in total. The summed E-state index contributed by atoms with van der Waals surface area (Å²) in [6.45, 7) is 9.21. The topological polar surface area (TPSA) is 24.5 Å². The highest BCUT2D eigenvalue weighted by atomic mass is 16.5. The summed E-state index contributed by atoms with van der Waals surface area (Å²) in [5.74, 6) is 0. The molecule has 2 aliphatic rings. The first-order chi connectivity index (χ1) is 7.52. The molecule has 1 saturated carbocycles. The Hall–Kier alpha value is -0.120. The van der Waals surface area contributed by atoms with Crippen molar-refractivity contribution in [2.75, 3.05) is 20.2 Å². The molecule has 1 heterocycles. The number of nitrogens with one attached hydrogen (secondary N) is 1. The van der Waals surface area contributed by atoms with Crippen molar-refractivity contribution >= 4 is 0 Å². The maximum atomic E-state index is 5.48. The van der Waals surface area contributed by atoms with Crippen LogP contribution in [0.15, 0.2) is 0 Å². The summed E-state index contributed by atoms with van der Waals surface area (Å²) < 4.78 is 5.48. The normalized spacial score (nSPS) is 40.1. The number of methoxy groups -OCH3 is 1. The molecule has 3 nitrogen and oxygen atoms in total. The zero-order valence-electron chi connectivity index (χ0n) is 11.1. The van der Waals surface area contributed by atoms with Crippen LogP contribution in [0.1, 0.15) is 40.0 Å². The molecular weight excluding hydrogens is 200 g/mol. The average Bonchev–Trinajstić information content (AvgIpc) is 2.70. The van der Waals surface area contributed by atoms with Crippen LogP contribution in [0.5, 0.6) is 0 Å². The minimum atomic E-state index is 0.262. The van der Waals surface area contributed by atoms with Gasteiger partial charge in [-0.15, -0.1) is 0 Å². The molecule has 3 atom stereocenters. The van der Waals surface area contributed by atoms with Gasteiger partial charge in [0.25, 0.3) is 0 Å². The minimum absolute atomic E-state index is 0.262. The third-order valence-electron chi connectivity index (χ3n) is 4.18. The lowest BCUT2D eigenvalue weighted by molar-refractivity contribution is 0.0501. The molecule has 0 amide bonds. The van der Waals surface area contributed by atoms with Crippen LogP contribution in [0.4, 0.5) is 0 Å². The van der Waals surface area contributed by atoms with E-state index in [-0.39, 0.29) is 5.54 Å². The van der Waals surface area contributed by atoms with E-state index in [0.29, 0.717) is 12.1 Å². The van der Waals surface area contributed by atoms with Gasteiger partial charge in [0.15, 0.2) is 0 Å². The number of rotatable bonds is 2. The molecule has 1 saturated heterocycles. The predicted molar refractivity (Wildman–Crippen MR) is 66.7 cm³/mol. The lowest BCUT2D eigenvalue weighted by Gasteiger charge is -2.46. The van der Waals surface area contributed by atoms with Crippen molar-refractivity contribution in [3.05, 3.63) is 0 Å². The zero-order valence-corrected chi connectivity index (χ0v) is 11.1. The van der Waals surface area contributed by atoms with Crippen LogP contribution in [0.2, 0.25) is 0 Å². The van der Waals surface area contributed by atoms with Gasteiger partial charge in [0.05, 0.1) is 6.10 Å². The average molecular weight is 226 g/mol. The van der Waals surface area contributed by atoms with E-state index in [1.54, 1.807) is 0 Å². The van der Waals surface area contributed by atoms with Crippen LogP contribution >= 0.6 is 0 Å². The van der Waals surface area contributed by atoms with Crippen molar-refractivity contribution in [2.24, 2.45) is 0 Å². The summed E-state index contributed by atoms with van der Waals surface area (Å²) in [6, 6.07) is 1.40. The largest absolute Gasteiger partial charge is 0.381 e. The van der Waals surface area contributed by atoms with Gasteiger partial charge >= 0.3 is 0 Å². The van der Waals surface area contributed by atoms with Crippen molar-refractivity contribution in [2.45, 2.75) is 63.8 Å². The van der Waals surface area contributed by atoms with Crippen molar-refractivity contribution in [1.82, 2.24) is 10.2 Å². The molecule has 0 bridgehead atoms. The Morgan fingerprint density at radius 2 is 2.06 bits per heavy atom. The van der Waals surface area contributed by atoms with Gasteiger partial charge in [-0.1, -0.05) is 0 Å². The molecule has 0 aromatic rings. The predicted octanol–water partition coefficient (Wildman–Crippen LogP) is 1.63. The van der Waals surface area contributed by atoms with E-state index in [1.165, 1.54) is 19.3 Å². The van der Waals surface area contributed by atoms with Gasteiger partial charge in [0.1, 0.15) is 0 Å². The number of ether oxygens (including phenoxy) is 1. The number of hydrogen-bond donors (Lipinski definition) is 1. The molecule has 94 valence electrons. The summed E-state index contributed by atoms with van der Waals surface area (Å²) in [5, 5.41) is 3.61. The highest BCUT2D eigenvalue weighted by Gasteiger charge is 2.37. The Balaban J connectivity index is 1.97. The van der Waals surface area contributed by atoms with Crippen LogP contribution in [-0.4, -0.2) is 48.8 Å². The van der Waals surface area contributed by atoms with Gasteiger partial charge in [-0.25, -0.2) is 0 Å². The molecule has 0 spiro atoms. The molecule has 1 aliphatic heterocycles. The Morgan fingerprint density at radius 3 is 2.69 bits per heavy atom. The van der Waals surface area contributed by atoms with Crippen molar-refractivity contribution in [1.29, 1.82) is 0 Å². The van der Waals surface area contributed by atoms with E-state index >= 15 is 0 Å². The number of hydrogen-bond acceptors (Lipinski definition) is 3. The molecule has 2 fully saturated rings. The van der Waals surface area contributed by atoms with Crippen LogP contribution in [0.25, 0.3) is 0 Å². The first-order valence-electron chi connectivity index (χ1n) is 6.55. The van der Waals surface area contributed by atoms with E-state index in [4.69, 9.17) is 4.74 Å². The van der Waals surface area contributed by atoms with Crippen molar-refractivity contribution < 1.29 is 4.74 Å². The zero-order chi connectivity index (χ0) is 11.8. The van der Waals surface area contributed by atoms with E-state index < -0.39 is 0 Å². The standard InChI is InChI=1S/C13H26N2O/c1-10-8-14-13(2,3)9-15(10)11-5-6-12(7-11)16-4/h10-12,14H,5-9H2,1-4H3. The Labute approximate surface area is 99.5 Å². The fraction of sp³-hybridized carbons (Fsp3) is 1.00. The fourth-order valence-corrected chi connectivity index (χ4v) is 3.13. The second-order valence-corrected chi connectivity index (χ2v) is 6.11. The number of nitrogens with zero attached hydrogens (tertiary/aromatic N) is 1. The van der Waals surface area contributed by atoms with Gasteiger partial charge in [-0.05, 0) is 40.0 Å². The Bertz CT molecular complexity index is 242. The second kappa shape index (κ2) is 4.63. The Morgan fingerprint density at radius 1 is 1.31 bits per heavy atom. The van der Waals surface area contributed by atoms with Crippen LogP contribution in [0.3, 0.4) is 0 Å². The maximum absolute atomic E-state index is 5.48. The van der Waals surface area contributed by atoms with Crippen molar-refractivity contribution in [3.8, 4) is 0 Å². The van der Waals surface area contributed by atoms with Gasteiger partial charge in [-0.3, -0.25) is 4.90 Å². The van der Waals surface area contributed by atoms with Crippen LogP contribution in [0, 0.1) is 0 Å². The van der Waals surface area contributed by atoms with E-state index in [1.807, 2.05) is 7.11 Å². The summed E-state index contributed by atoms with van der Waals surface area (Å²) in [4.78, 5) is 2.69. The quantitative estimate of drug-likeness (QED) is 0.774. The highest BCUT2D eigenvalue weighted by Crippen LogP contribution is 2.29. The van der Waals surface area contributed by atoms with E-state index in [0.717, 1.165) is 19.1 Å². The Kier molecular flexibility index (Phi) is 3.57. The molecule has 0 aromatic heterocycles. The second-order valence-electron chi connectivity index (χ2n) is 6.11. The van der Waals surface area contributed by atoms with E-state index in [9.17, 15) is 0 Å². The first kappa shape index (κ1) is 12.3. The summed E-state index contributed by atoms with van der Waals surface area (Å²) in [5.41, 5.74) is 0.262. The summed E-state index contributed by atoms with van der Waals surface area (Å²) in [6.07, 6.45) is 4.25. The van der Waals surface area contributed by atoms with Crippen LogP contribution in [-0.2, 0) is 4.74 Å². The third-order valence-corrected chi connectivity index (χ3v) is 4.18. The molecule has 1 aliphatic carbocycles. The van der Waals surface area contributed by atoms with Gasteiger partial charge < -0.3 is 10.1 Å². The molecule has 0 radical (unpaired) electrons. The molecule has 2 rings (SSSR count). The van der Waals surface area contributed by atoms with Gasteiger partial charge in [0.2, 0.25) is 0 Å². The van der Waals surface area contributed by atoms with Gasteiger partial charge in [-0.2, -0.15) is 0 Å². The maximum Gasteiger partial charge on any atom is 0.0586 e. The summed E-state index contributed by atoms with van der Waals surface area (Å²) >= 11 is 0. The monoisotopic (exact) mass is 226 g/mol. The minimum Gasteiger partial charge on any atom is -0.381 e. The highest BCUT2D eigenvalue weighted by molar-refractivity contribution is 4.95. The lowest BCUT2D eigenvalue weighted by Crippen LogP contribution is -2.62. The SMILES string of the molecule is COC1CCC(N2CC(C)(C)NCC2C)C1. The number of piperazine rings is 1. The summed E-state index contributed by atoms with van der Waals surface area (Å²) in [7, 11) is 1.85. The molecule has 3 unspecified atom stereocenters. The van der Waals surface area contributed by atoms with Crippen molar-refractivity contribution in [3.63, 3.8) is 0 Å². The molecule has 3 heteroatoms. The molecule has 0 aromatic carbocycles. The first-order valence-corrected chi connectivity index (χ1v) is 6.55. The van der Waals surface area contributed by atoms with Crippen LogP contribution < -0.4 is 5.32 Å². The third kappa shape index (κ3) is 2.58. The molecule has 16 heavy (non-hydrogen) atoms. The fourth-order valence-electron chi connectivity index (χ4n) is 3.13. The molecular formula is C13H26N2O. The van der Waals surface area contributed by atoms with Gasteiger partial charge in [0, 0.05) is 37.8 Å². The lowest BCUT2D eigenvalue weighted by atomic mass is 9.97.